The van der Waals surface area contributed by atoms with Crippen LogP contribution in [0.25, 0.3) is 0 Å². The van der Waals surface area contributed by atoms with E-state index in [1.54, 1.807) is 0 Å². The van der Waals surface area contributed by atoms with Crippen LogP contribution in [0, 0.1) is 0 Å². The highest BCUT2D eigenvalue weighted by molar-refractivity contribution is 6.74. The lowest BCUT2D eigenvalue weighted by molar-refractivity contribution is -0.102. The molecule has 6 nitrogen and oxygen atoms in total. The zero-order valence-corrected chi connectivity index (χ0v) is 28.0. The first-order chi connectivity index (χ1) is 19.0. The van der Waals surface area contributed by atoms with E-state index in [-0.39, 0.29) is 29.4 Å². The fraction of sp³-hybridized carbons (Fsp3) is 0.618. The average molecular weight is 584 g/mol. The molecule has 0 saturated carbocycles. The maximum absolute atomic E-state index is 13.7. The van der Waals surface area contributed by atoms with Crippen molar-refractivity contribution in [3.8, 4) is 0 Å². The summed E-state index contributed by atoms with van der Waals surface area (Å²) in [4.78, 5) is 15.5. The molecule has 0 radical (unpaired) electrons. The topological polar surface area (TPSA) is 57.2 Å². The van der Waals surface area contributed by atoms with E-state index in [1.165, 1.54) is 5.56 Å². The second-order valence-electron chi connectivity index (χ2n) is 14.2. The van der Waals surface area contributed by atoms with Gasteiger partial charge in [-0.25, -0.2) is 4.79 Å². The van der Waals surface area contributed by atoms with E-state index in [0.29, 0.717) is 19.6 Å². The lowest BCUT2D eigenvalue weighted by Crippen LogP contribution is -2.53. The summed E-state index contributed by atoms with van der Waals surface area (Å²) in [5.41, 5.74) is 0.842. The molecular formula is C34H53NO5Si. The van der Waals surface area contributed by atoms with Crippen LogP contribution in [-0.2, 0) is 31.7 Å². The Labute approximate surface area is 249 Å². The molecule has 0 N–H and O–H groups in total. The van der Waals surface area contributed by atoms with Crippen molar-refractivity contribution in [1.82, 2.24) is 4.90 Å². The van der Waals surface area contributed by atoms with Gasteiger partial charge in [0.1, 0.15) is 17.4 Å². The summed E-state index contributed by atoms with van der Waals surface area (Å²) in [5.74, 6) is 0. The smallest absolute Gasteiger partial charge is 0.412 e. The summed E-state index contributed by atoms with van der Waals surface area (Å²) < 4.78 is 25.9. The molecule has 41 heavy (non-hydrogen) atoms. The molecule has 3 atom stereocenters. The first-order valence-electron chi connectivity index (χ1n) is 15.0. The molecule has 2 aromatic carbocycles. The molecule has 3 rings (SSSR count). The van der Waals surface area contributed by atoms with Crippen molar-refractivity contribution in [3.63, 3.8) is 0 Å². The normalized spacial score (nSPS) is 20.2. The number of hydrogen-bond donors (Lipinski definition) is 0. The third-order valence-electron chi connectivity index (χ3n) is 8.10. The van der Waals surface area contributed by atoms with Gasteiger partial charge in [-0.1, -0.05) is 81.4 Å². The second kappa shape index (κ2) is 13.4. The van der Waals surface area contributed by atoms with Crippen molar-refractivity contribution in [3.05, 3.63) is 71.8 Å². The Morgan fingerprint density at radius 2 is 1.51 bits per heavy atom. The first-order valence-corrected chi connectivity index (χ1v) is 17.9. The molecular weight excluding hydrogens is 530 g/mol. The van der Waals surface area contributed by atoms with Gasteiger partial charge in [-0.2, -0.15) is 0 Å². The Morgan fingerprint density at radius 1 is 0.951 bits per heavy atom. The van der Waals surface area contributed by atoms with Crippen LogP contribution in [0.2, 0.25) is 18.1 Å². The number of nitrogens with zero attached hydrogens (tertiary/aromatic N) is 1. The van der Waals surface area contributed by atoms with Crippen molar-refractivity contribution in [2.75, 3.05) is 6.61 Å². The number of hydrogen-bond acceptors (Lipinski definition) is 5. The monoisotopic (exact) mass is 583 g/mol. The molecule has 1 saturated heterocycles. The maximum Gasteiger partial charge on any atom is 0.412 e. The maximum atomic E-state index is 13.7. The zero-order valence-electron chi connectivity index (χ0n) is 27.0. The highest BCUT2D eigenvalue weighted by Crippen LogP contribution is 2.42. The van der Waals surface area contributed by atoms with Crippen molar-refractivity contribution < 1.29 is 23.4 Å². The average Bonchev–Trinajstić information content (AvgIpc) is 3.12. The Morgan fingerprint density at radius 3 is 2.05 bits per heavy atom. The van der Waals surface area contributed by atoms with E-state index in [1.807, 2.05) is 75.9 Å². The van der Waals surface area contributed by atoms with Crippen LogP contribution in [0.3, 0.4) is 0 Å². The number of carbonyl (C=O) groups excluding carboxylic acids is 1. The molecule has 3 unspecified atom stereocenters. The zero-order chi connectivity index (χ0) is 30.5. The summed E-state index contributed by atoms with van der Waals surface area (Å²) in [5, 5.41) is 0.0307. The highest BCUT2D eigenvalue weighted by Gasteiger charge is 2.54. The minimum atomic E-state index is -2.17. The Hall–Kier alpha value is -2.19. The van der Waals surface area contributed by atoms with Crippen LogP contribution in [-0.4, -0.2) is 55.5 Å². The van der Waals surface area contributed by atoms with Gasteiger partial charge in [0.05, 0.1) is 18.8 Å². The third kappa shape index (κ3) is 9.40. The van der Waals surface area contributed by atoms with Gasteiger partial charge in [-0.05, 0) is 83.1 Å². The number of benzene rings is 2. The molecule has 2 aromatic rings. The predicted molar refractivity (Wildman–Crippen MR) is 168 cm³/mol. The van der Waals surface area contributed by atoms with Gasteiger partial charge < -0.3 is 18.6 Å². The molecule has 1 aliphatic rings. The van der Waals surface area contributed by atoms with Crippen LogP contribution in [0.4, 0.5) is 4.79 Å². The predicted octanol–water partition coefficient (Wildman–Crippen LogP) is 8.36. The number of carbonyl (C=O) groups is 1. The van der Waals surface area contributed by atoms with Crippen LogP contribution in [0.5, 0.6) is 0 Å². The number of ether oxygens (including phenoxy) is 3. The molecule has 0 spiro atoms. The van der Waals surface area contributed by atoms with Crippen molar-refractivity contribution in [2.24, 2.45) is 0 Å². The Balaban J connectivity index is 1.89. The van der Waals surface area contributed by atoms with Crippen LogP contribution < -0.4 is 0 Å². The third-order valence-corrected chi connectivity index (χ3v) is 12.6. The van der Waals surface area contributed by atoms with E-state index in [2.05, 4.69) is 58.1 Å². The van der Waals surface area contributed by atoms with Gasteiger partial charge in [-0.3, -0.25) is 4.90 Å². The minimum Gasteiger partial charge on any atom is -0.444 e. The molecule has 228 valence electrons. The van der Waals surface area contributed by atoms with Crippen LogP contribution in [0.1, 0.15) is 79.4 Å². The van der Waals surface area contributed by atoms with Crippen LogP contribution in [0.15, 0.2) is 60.7 Å². The fourth-order valence-corrected chi connectivity index (χ4v) is 6.43. The highest BCUT2D eigenvalue weighted by atomic mass is 28.4. The van der Waals surface area contributed by atoms with Crippen molar-refractivity contribution in [2.45, 2.75) is 129 Å². The molecule has 0 bridgehead atoms. The van der Waals surface area contributed by atoms with Gasteiger partial charge in [0, 0.05) is 6.61 Å². The quantitative estimate of drug-likeness (QED) is 0.197. The van der Waals surface area contributed by atoms with Crippen molar-refractivity contribution >= 4 is 14.4 Å². The SMILES string of the molecule is CC(C)(C)OC(=O)N1C(Cc2ccccc2)C(C(CCCOCc2ccccc2)O[Si](C)(C)C(C)(C)C)OC1(C)C. The van der Waals surface area contributed by atoms with E-state index in [4.69, 9.17) is 18.6 Å². The first kappa shape index (κ1) is 33.3. The van der Waals surface area contributed by atoms with Crippen molar-refractivity contribution in [1.29, 1.82) is 0 Å². The molecule has 1 aliphatic heterocycles. The Kier molecular flexibility index (Phi) is 10.9. The summed E-state index contributed by atoms with van der Waals surface area (Å²) in [7, 11) is -2.17. The molecule has 1 heterocycles. The van der Waals surface area contributed by atoms with Crippen LogP contribution >= 0.6 is 0 Å². The number of rotatable bonds is 11. The summed E-state index contributed by atoms with van der Waals surface area (Å²) in [6.07, 6.45) is 1.38. The molecule has 1 fully saturated rings. The van der Waals surface area contributed by atoms with Gasteiger partial charge in [0.15, 0.2) is 8.32 Å². The summed E-state index contributed by atoms with van der Waals surface area (Å²) >= 11 is 0. The summed E-state index contributed by atoms with van der Waals surface area (Å²) in [6.45, 7) is 22.2. The molecule has 7 heteroatoms. The van der Waals surface area contributed by atoms with E-state index >= 15 is 0 Å². The number of amides is 1. The lowest BCUT2D eigenvalue weighted by Gasteiger charge is -2.41. The minimum absolute atomic E-state index is 0.0307. The molecule has 0 aromatic heterocycles. The Bertz CT molecular complexity index is 1090. The van der Waals surface area contributed by atoms with Gasteiger partial charge in [0.2, 0.25) is 0 Å². The van der Waals surface area contributed by atoms with Gasteiger partial charge >= 0.3 is 6.09 Å². The second-order valence-corrected chi connectivity index (χ2v) is 19.0. The van der Waals surface area contributed by atoms with E-state index in [9.17, 15) is 4.79 Å². The van der Waals surface area contributed by atoms with E-state index in [0.717, 1.165) is 18.4 Å². The van der Waals surface area contributed by atoms with E-state index < -0.39 is 19.6 Å². The molecule has 0 aliphatic carbocycles. The standard InChI is InChI=1S/C34H53NO5Si/c1-32(2,3)39-31(36)35-28(24-26-18-13-11-14-19-26)30(38-34(35,7)8)29(40-41(9,10)33(4,5)6)22-17-23-37-25-27-20-15-12-16-21-27/h11-16,18-21,28-30H,17,22-25H2,1-10H3. The summed E-state index contributed by atoms with van der Waals surface area (Å²) in [6, 6.07) is 20.3. The fourth-order valence-electron chi connectivity index (χ4n) is 5.06. The lowest BCUT2D eigenvalue weighted by atomic mass is 9.95. The van der Waals surface area contributed by atoms with Gasteiger partial charge in [0.25, 0.3) is 0 Å². The largest absolute Gasteiger partial charge is 0.444 e. The molecule has 1 amide bonds. The van der Waals surface area contributed by atoms with Gasteiger partial charge in [-0.15, -0.1) is 0 Å².